The van der Waals surface area contributed by atoms with E-state index in [1.54, 1.807) is 6.08 Å². The largest absolute Gasteiger partial charge is 0.461 e. The molecule has 0 amide bonds. The molecule has 0 saturated carbocycles. The average molecular weight is 206 g/mol. The van der Waals surface area contributed by atoms with Crippen LogP contribution in [0.3, 0.4) is 0 Å². The average Bonchev–Trinajstić information content (AvgIpc) is 2.25. The molecule has 0 aliphatic carbocycles. The molecule has 1 aromatic rings. The fourth-order valence-electron chi connectivity index (χ4n) is 1.10. The highest BCUT2D eigenvalue weighted by Gasteiger charge is 1.95. The van der Waals surface area contributed by atoms with Gasteiger partial charge in [-0.1, -0.05) is 36.4 Å². The summed E-state index contributed by atoms with van der Waals surface area (Å²) in [6, 6.07) is 7.59. The van der Waals surface area contributed by atoms with E-state index in [2.05, 4.69) is 0 Å². The van der Waals surface area contributed by atoms with Gasteiger partial charge in [-0.15, -0.1) is 0 Å². The molecule has 0 atom stereocenters. The predicted molar refractivity (Wildman–Crippen MR) is 58.0 cm³/mol. The number of benzene rings is 1. The molecule has 0 aromatic heterocycles. The molecule has 1 rings (SSSR count). The molecule has 0 radical (unpaired) electrons. The van der Waals surface area contributed by atoms with E-state index in [0.29, 0.717) is 6.61 Å². The zero-order valence-corrected chi connectivity index (χ0v) is 8.64. The summed E-state index contributed by atoms with van der Waals surface area (Å²) < 4.78 is 4.85. The van der Waals surface area contributed by atoms with Crippen molar-refractivity contribution in [1.29, 1.82) is 0 Å². The molecule has 3 nitrogen and oxygen atoms in total. The SMILES string of the molecule is CC(=O)OCc1ccc(/C=C\CO)cc1. The van der Waals surface area contributed by atoms with Crippen LogP contribution in [-0.2, 0) is 16.1 Å². The van der Waals surface area contributed by atoms with Crippen molar-refractivity contribution in [2.75, 3.05) is 6.61 Å². The third-order valence-corrected chi connectivity index (χ3v) is 1.84. The van der Waals surface area contributed by atoms with Crippen LogP contribution in [0.15, 0.2) is 30.3 Å². The first-order valence-electron chi connectivity index (χ1n) is 4.72. The molecule has 1 aromatic carbocycles. The van der Waals surface area contributed by atoms with Crippen LogP contribution >= 0.6 is 0 Å². The molecule has 0 spiro atoms. The standard InChI is InChI=1S/C12H14O3/c1-10(14)15-9-12-6-4-11(5-7-12)3-2-8-13/h2-7,13H,8-9H2,1H3/b3-2-. The van der Waals surface area contributed by atoms with E-state index in [-0.39, 0.29) is 12.6 Å². The van der Waals surface area contributed by atoms with Gasteiger partial charge in [-0.05, 0) is 11.1 Å². The lowest BCUT2D eigenvalue weighted by atomic mass is 10.1. The number of ether oxygens (including phenoxy) is 1. The van der Waals surface area contributed by atoms with E-state index < -0.39 is 0 Å². The van der Waals surface area contributed by atoms with E-state index in [1.165, 1.54) is 6.92 Å². The summed E-state index contributed by atoms with van der Waals surface area (Å²) in [6.07, 6.45) is 3.50. The molecule has 0 saturated heterocycles. The number of esters is 1. The van der Waals surface area contributed by atoms with Gasteiger partial charge in [0.15, 0.2) is 0 Å². The summed E-state index contributed by atoms with van der Waals surface area (Å²) in [5, 5.41) is 8.58. The summed E-state index contributed by atoms with van der Waals surface area (Å²) in [7, 11) is 0. The summed E-state index contributed by atoms with van der Waals surface area (Å²) in [5.74, 6) is -0.278. The Morgan fingerprint density at radius 2 is 2.07 bits per heavy atom. The molecule has 0 unspecified atom stereocenters. The minimum atomic E-state index is -0.278. The van der Waals surface area contributed by atoms with Crippen molar-refractivity contribution in [1.82, 2.24) is 0 Å². The van der Waals surface area contributed by atoms with Crippen LogP contribution in [0.1, 0.15) is 18.1 Å². The van der Waals surface area contributed by atoms with Crippen LogP contribution in [0.5, 0.6) is 0 Å². The van der Waals surface area contributed by atoms with Crippen LogP contribution in [-0.4, -0.2) is 17.7 Å². The molecular weight excluding hydrogens is 192 g/mol. The Morgan fingerprint density at radius 1 is 1.40 bits per heavy atom. The Bertz CT molecular complexity index is 338. The fourth-order valence-corrected chi connectivity index (χ4v) is 1.10. The summed E-state index contributed by atoms with van der Waals surface area (Å²) in [5.41, 5.74) is 1.96. The Hall–Kier alpha value is -1.61. The first-order chi connectivity index (χ1) is 7.22. The minimum Gasteiger partial charge on any atom is -0.461 e. The minimum absolute atomic E-state index is 0.0369. The molecule has 0 aliphatic rings. The third-order valence-electron chi connectivity index (χ3n) is 1.84. The number of carbonyl (C=O) groups excluding carboxylic acids is 1. The predicted octanol–water partition coefficient (Wildman–Crippen LogP) is 1.76. The Morgan fingerprint density at radius 3 is 2.60 bits per heavy atom. The molecule has 1 N–H and O–H groups in total. The zero-order valence-electron chi connectivity index (χ0n) is 8.64. The van der Waals surface area contributed by atoms with Crippen molar-refractivity contribution in [2.45, 2.75) is 13.5 Å². The van der Waals surface area contributed by atoms with Gasteiger partial charge < -0.3 is 9.84 Å². The molecule has 0 aliphatic heterocycles. The third kappa shape index (κ3) is 4.42. The van der Waals surface area contributed by atoms with Crippen molar-refractivity contribution in [2.24, 2.45) is 0 Å². The first-order valence-corrected chi connectivity index (χ1v) is 4.72. The lowest BCUT2D eigenvalue weighted by molar-refractivity contribution is -0.142. The van der Waals surface area contributed by atoms with Crippen LogP contribution in [0.4, 0.5) is 0 Å². The lowest BCUT2D eigenvalue weighted by Crippen LogP contribution is -1.98. The molecule has 0 heterocycles. The van der Waals surface area contributed by atoms with Crippen LogP contribution in [0.25, 0.3) is 6.08 Å². The van der Waals surface area contributed by atoms with E-state index in [1.807, 2.05) is 30.3 Å². The fraction of sp³-hybridized carbons (Fsp3) is 0.250. The number of rotatable bonds is 4. The van der Waals surface area contributed by atoms with Gasteiger partial charge in [0.25, 0.3) is 0 Å². The van der Waals surface area contributed by atoms with Crippen LogP contribution < -0.4 is 0 Å². The van der Waals surface area contributed by atoms with Gasteiger partial charge in [0, 0.05) is 6.92 Å². The first kappa shape index (κ1) is 11.5. The van der Waals surface area contributed by atoms with Crippen molar-refractivity contribution >= 4 is 12.0 Å². The number of aliphatic hydroxyl groups excluding tert-OH is 1. The maximum Gasteiger partial charge on any atom is 0.302 e. The molecular formula is C12H14O3. The van der Waals surface area contributed by atoms with Gasteiger partial charge in [-0.3, -0.25) is 4.79 Å². The maximum atomic E-state index is 10.6. The monoisotopic (exact) mass is 206 g/mol. The van der Waals surface area contributed by atoms with Gasteiger partial charge in [0.1, 0.15) is 6.61 Å². The van der Waals surface area contributed by atoms with Crippen molar-refractivity contribution in [3.05, 3.63) is 41.5 Å². The van der Waals surface area contributed by atoms with E-state index >= 15 is 0 Å². The van der Waals surface area contributed by atoms with Gasteiger partial charge in [0.2, 0.25) is 0 Å². The molecule has 0 bridgehead atoms. The Kier molecular flexibility index (Phi) is 4.57. The second-order valence-electron chi connectivity index (χ2n) is 3.11. The van der Waals surface area contributed by atoms with Gasteiger partial charge in [0.05, 0.1) is 6.61 Å². The van der Waals surface area contributed by atoms with E-state index in [9.17, 15) is 4.79 Å². The van der Waals surface area contributed by atoms with Gasteiger partial charge in [-0.25, -0.2) is 0 Å². The second-order valence-corrected chi connectivity index (χ2v) is 3.11. The van der Waals surface area contributed by atoms with E-state index in [4.69, 9.17) is 9.84 Å². The molecule has 0 fully saturated rings. The molecule has 15 heavy (non-hydrogen) atoms. The maximum absolute atomic E-state index is 10.6. The lowest BCUT2D eigenvalue weighted by Gasteiger charge is -2.02. The van der Waals surface area contributed by atoms with Crippen molar-refractivity contribution < 1.29 is 14.6 Å². The smallest absolute Gasteiger partial charge is 0.302 e. The summed E-state index contributed by atoms with van der Waals surface area (Å²) in [6.45, 7) is 1.73. The number of aliphatic hydroxyl groups is 1. The highest BCUT2D eigenvalue weighted by Crippen LogP contribution is 2.07. The Labute approximate surface area is 89.0 Å². The van der Waals surface area contributed by atoms with Crippen LogP contribution in [0.2, 0.25) is 0 Å². The highest BCUT2D eigenvalue weighted by atomic mass is 16.5. The van der Waals surface area contributed by atoms with E-state index in [0.717, 1.165) is 11.1 Å². The topological polar surface area (TPSA) is 46.5 Å². The van der Waals surface area contributed by atoms with Crippen molar-refractivity contribution in [3.8, 4) is 0 Å². The van der Waals surface area contributed by atoms with Gasteiger partial charge >= 0.3 is 5.97 Å². The summed E-state index contributed by atoms with van der Waals surface area (Å²) >= 11 is 0. The second kappa shape index (κ2) is 5.98. The molecule has 80 valence electrons. The number of hydrogen-bond acceptors (Lipinski definition) is 3. The quantitative estimate of drug-likeness (QED) is 0.763. The van der Waals surface area contributed by atoms with Gasteiger partial charge in [-0.2, -0.15) is 0 Å². The zero-order chi connectivity index (χ0) is 11.1. The molecule has 3 heteroatoms. The number of hydrogen-bond donors (Lipinski definition) is 1. The summed E-state index contributed by atoms with van der Waals surface area (Å²) in [4.78, 5) is 10.6. The normalized spacial score (nSPS) is 10.5. The Balaban J connectivity index is 2.56. The van der Waals surface area contributed by atoms with Crippen LogP contribution in [0, 0.1) is 0 Å². The number of carbonyl (C=O) groups is 1. The highest BCUT2D eigenvalue weighted by molar-refractivity contribution is 5.65. The van der Waals surface area contributed by atoms with Crippen molar-refractivity contribution in [3.63, 3.8) is 0 Å².